The monoisotopic (exact) mass is 232 g/mol. The van der Waals surface area contributed by atoms with E-state index in [9.17, 15) is 0 Å². The van der Waals surface area contributed by atoms with Gasteiger partial charge in [-0.05, 0) is 74.5 Å². The Bertz CT molecular complexity index is 271. The van der Waals surface area contributed by atoms with E-state index in [2.05, 4.69) is 26.0 Å². The van der Waals surface area contributed by atoms with E-state index in [1.54, 1.807) is 32.1 Å². The summed E-state index contributed by atoms with van der Waals surface area (Å²) in [6.07, 6.45) is 17.1. The molecule has 0 atom stereocenters. The molecule has 0 aliphatic heterocycles. The first-order valence-corrected chi connectivity index (χ1v) is 7.92. The number of hydrogen-bond donors (Lipinski definition) is 0. The van der Waals surface area contributed by atoms with Crippen LogP contribution in [0.4, 0.5) is 0 Å². The second kappa shape index (κ2) is 4.44. The zero-order valence-electron chi connectivity index (χ0n) is 11.6. The quantitative estimate of drug-likeness (QED) is 0.585. The lowest BCUT2D eigenvalue weighted by atomic mass is 9.44. The summed E-state index contributed by atoms with van der Waals surface area (Å²) in [4.78, 5) is 0. The lowest BCUT2D eigenvalue weighted by Crippen LogP contribution is -2.51. The van der Waals surface area contributed by atoms with Crippen LogP contribution in [0, 0.1) is 29.1 Å². The van der Waals surface area contributed by atoms with E-state index in [4.69, 9.17) is 0 Å². The van der Waals surface area contributed by atoms with Gasteiger partial charge in [-0.1, -0.05) is 31.9 Å². The molecular formula is C17H28. The summed E-state index contributed by atoms with van der Waals surface area (Å²) in [7, 11) is 0. The van der Waals surface area contributed by atoms with Crippen LogP contribution in [0.25, 0.3) is 0 Å². The molecule has 0 saturated heterocycles. The second-order valence-electron chi connectivity index (χ2n) is 7.02. The van der Waals surface area contributed by atoms with Crippen molar-refractivity contribution in [1.82, 2.24) is 0 Å². The van der Waals surface area contributed by atoms with Crippen molar-refractivity contribution in [3.8, 4) is 0 Å². The zero-order valence-corrected chi connectivity index (χ0v) is 11.6. The number of unbranched alkanes of at least 4 members (excludes halogenated alkanes) is 1. The van der Waals surface area contributed by atoms with Gasteiger partial charge >= 0.3 is 0 Å². The van der Waals surface area contributed by atoms with Crippen LogP contribution >= 0.6 is 0 Å². The van der Waals surface area contributed by atoms with Crippen molar-refractivity contribution < 1.29 is 0 Å². The van der Waals surface area contributed by atoms with Crippen molar-refractivity contribution in [1.29, 1.82) is 0 Å². The summed E-state index contributed by atoms with van der Waals surface area (Å²) in [6, 6.07) is 0. The van der Waals surface area contributed by atoms with E-state index < -0.39 is 0 Å². The Morgan fingerprint density at radius 2 is 1.59 bits per heavy atom. The molecule has 96 valence electrons. The van der Waals surface area contributed by atoms with Crippen molar-refractivity contribution in [2.24, 2.45) is 29.1 Å². The maximum Gasteiger partial charge on any atom is -0.00615 e. The van der Waals surface area contributed by atoms with Gasteiger partial charge in [-0.25, -0.2) is 0 Å². The average molecular weight is 232 g/mol. The molecule has 0 aromatic carbocycles. The van der Waals surface area contributed by atoms with E-state index in [0.717, 1.165) is 23.7 Å². The minimum atomic E-state index is 0.623. The van der Waals surface area contributed by atoms with E-state index in [-0.39, 0.29) is 0 Å². The van der Waals surface area contributed by atoms with Crippen LogP contribution in [-0.4, -0.2) is 0 Å². The first kappa shape index (κ1) is 11.8. The minimum absolute atomic E-state index is 0.623. The molecule has 0 spiro atoms. The average Bonchev–Trinajstić information content (AvgIpc) is 2.31. The van der Waals surface area contributed by atoms with Gasteiger partial charge < -0.3 is 0 Å². The first-order valence-electron chi connectivity index (χ1n) is 7.92. The van der Waals surface area contributed by atoms with E-state index in [1.807, 2.05) is 0 Å². The van der Waals surface area contributed by atoms with Gasteiger partial charge in [-0.3, -0.25) is 0 Å². The maximum absolute atomic E-state index is 2.63. The van der Waals surface area contributed by atoms with Gasteiger partial charge in [-0.15, -0.1) is 0 Å². The molecule has 0 heteroatoms. The standard InChI is InChI=1S/C17H28/c1-3-5-7-17(6-4-2)15-9-13-8-14(11-15)12-16(17)10-13/h4,6,13-16H,3,5,7-12H2,1-2H3. The highest BCUT2D eigenvalue weighted by atomic mass is 14.6. The lowest BCUT2D eigenvalue weighted by molar-refractivity contribution is -0.0856. The van der Waals surface area contributed by atoms with Crippen LogP contribution in [0.3, 0.4) is 0 Å². The molecule has 17 heavy (non-hydrogen) atoms. The Kier molecular flexibility index (Phi) is 3.09. The summed E-state index contributed by atoms with van der Waals surface area (Å²) in [6.45, 7) is 4.58. The minimum Gasteiger partial charge on any atom is -0.0911 e. The Balaban J connectivity index is 1.87. The van der Waals surface area contributed by atoms with Gasteiger partial charge in [0.2, 0.25) is 0 Å². The molecule has 0 aromatic heterocycles. The summed E-state index contributed by atoms with van der Waals surface area (Å²) in [5, 5.41) is 0. The maximum atomic E-state index is 2.63. The molecule has 0 nitrogen and oxygen atoms in total. The van der Waals surface area contributed by atoms with E-state index >= 15 is 0 Å². The highest BCUT2D eigenvalue weighted by Crippen LogP contribution is 2.64. The summed E-state index contributed by atoms with van der Waals surface area (Å²) in [5.74, 6) is 4.30. The number of rotatable bonds is 4. The Morgan fingerprint density at radius 1 is 1.00 bits per heavy atom. The van der Waals surface area contributed by atoms with Crippen LogP contribution < -0.4 is 0 Å². The van der Waals surface area contributed by atoms with Gasteiger partial charge in [0.05, 0.1) is 0 Å². The van der Waals surface area contributed by atoms with Crippen LogP contribution in [0.5, 0.6) is 0 Å². The van der Waals surface area contributed by atoms with Gasteiger partial charge in [0.15, 0.2) is 0 Å². The molecule has 0 radical (unpaired) electrons. The fraction of sp³-hybridized carbons (Fsp3) is 0.882. The summed E-state index contributed by atoms with van der Waals surface area (Å²) < 4.78 is 0. The molecule has 4 fully saturated rings. The largest absolute Gasteiger partial charge is 0.0911 e. The highest BCUT2D eigenvalue weighted by molar-refractivity contribution is 5.13. The van der Waals surface area contributed by atoms with E-state index in [0.29, 0.717) is 5.41 Å². The summed E-state index contributed by atoms with van der Waals surface area (Å²) in [5.41, 5.74) is 0.623. The van der Waals surface area contributed by atoms with Crippen LogP contribution in [0.2, 0.25) is 0 Å². The number of allylic oxidation sites excluding steroid dienone is 2. The molecule has 0 N–H and O–H groups in total. The van der Waals surface area contributed by atoms with E-state index in [1.165, 1.54) is 19.3 Å². The highest BCUT2D eigenvalue weighted by Gasteiger charge is 2.55. The van der Waals surface area contributed by atoms with Crippen LogP contribution in [0.1, 0.15) is 65.2 Å². The van der Waals surface area contributed by atoms with Gasteiger partial charge in [-0.2, -0.15) is 0 Å². The molecule has 0 amide bonds. The first-order chi connectivity index (χ1) is 8.28. The second-order valence-corrected chi connectivity index (χ2v) is 7.02. The van der Waals surface area contributed by atoms with Crippen LogP contribution in [-0.2, 0) is 0 Å². The molecule has 4 bridgehead atoms. The van der Waals surface area contributed by atoms with Crippen molar-refractivity contribution in [2.75, 3.05) is 0 Å². The smallest absolute Gasteiger partial charge is 0.00615 e. The van der Waals surface area contributed by atoms with Gasteiger partial charge in [0.25, 0.3) is 0 Å². The fourth-order valence-electron chi connectivity index (χ4n) is 5.62. The normalized spacial score (nSPS) is 48.1. The Hall–Kier alpha value is -0.260. The molecular weight excluding hydrogens is 204 g/mol. The molecule has 4 aliphatic carbocycles. The third-order valence-electron chi connectivity index (χ3n) is 6.10. The molecule has 0 aromatic rings. The Morgan fingerprint density at radius 3 is 2.06 bits per heavy atom. The zero-order chi connectivity index (χ0) is 11.9. The topological polar surface area (TPSA) is 0 Å². The predicted molar refractivity (Wildman–Crippen MR) is 73.8 cm³/mol. The Labute approximate surface area is 107 Å². The SMILES string of the molecule is CC=CC1(CCCC)C2CC3CC(C2)CC1C3. The van der Waals surface area contributed by atoms with Gasteiger partial charge in [0.1, 0.15) is 0 Å². The molecule has 0 heterocycles. The predicted octanol–water partition coefficient (Wildman–Crippen LogP) is 5.20. The third-order valence-corrected chi connectivity index (χ3v) is 6.10. The van der Waals surface area contributed by atoms with Gasteiger partial charge in [0, 0.05) is 0 Å². The fourth-order valence-corrected chi connectivity index (χ4v) is 5.62. The molecule has 4 aliphatic rings. The van der Waals surface area contributed by atoms with Crippen LogP contribution in [0.15, 0.2) is 12.2 Å². The molecule has 4 rings (SSSR count). The summed E-state index contributed by atoms with van der Waals surface area (Å²) >= 11 is 0. The van der Waals surface area contributed by atoms with Crippen molar-refractivity contribution in [3.63, 3.8) is 0 Å². The molecule has 4 saturated carbocycles. The van der Waals surface area contributed by atoms with Crippen molar-refractivity contribution in [3.05, 3.63) is 12.2 Å². The van der Waals surface area contributed by atoms with Crippen molar-refractivity contribution in [2.45, 2.75) is 65.2 Å². The molecule has 0 unspecified atom stereocenters. The lowest BCUT2D eigenvalue weighted by Gasteiger charge is -2.61. The number of hydrogen-bond acceptors (Lipinski definition) is 0. The third kappa shape index (κ3) is 1.79. The van der Waals surface area contributed by atoms with Crippen molar-refractivity contribution >= 4 is 0 Å².